The van der Waals surface area contributed by atoms with Gasteiger partial charge in [-0.05, 0) is 19.1 Å². The van der Waals surface area contributed by atoms with Crippen molar-refractivity contribution in [2.75, 3.05) is 20.7 Å². The van der Waals surface area contributed by atoms with Crippen molar-refractivity contribution in [1.82, 2.24) is 9.88 Å². The van der Waals surface area contributed by atoms with E-state index in [1.54, 1.807) is 20.0 Å². The molecule has 1 amide bonds. The van der Waals surface area contributed by atoms with Crippen LogP contribution in [0.15, 0.2) is 35.6 Å². The largest absolute Gasteiger partial charge is 0.495 e. The number of carbonyl (C=O) groups is 1. The van der Waals surface area contributed by atoms with Crippen LogP contribution < -0.4 is 10.5 Å². The van der Waals surface area contributed by atoms with Crippen LogP contribution in [0.5, 0.6) is 5.75 Å². The average molecular weight is 360 g/mol. The molecule has 2 aromatic rings. The minimum absolute atomic E-state index is 0.116. The van der Waals surface area contributed by atoms with Crippen molar-refractivity contribution in [1.29, 1.82) is 0 Å². The summed E-state index contributed by atoms with van der Waals surface area (Å²) in [5.41, 5.74) is 5.28. The number of hydrogen-bond donors (Lipinski definition) is 1. The number of halogens is 2. The Labute approximate surface area is 149 Å². The molecule has 0 fully saturated rings. The van der Waals surface area contributed by atoms with Gasteiger partial charge >= 0.3 is 0 Å². The third-order valence-corrected chi connectivity index (χ3v) is 4.37. The van der Waals surface area contributed by atoms with Gasteiger partial charge in [-0.15, -0.1) is 0 Å². The van der Waals surface area contributed by atoms with E-state index in [2.05, 4.69) is 9.98 Å². The van der Waals surface area contributed by atoms with Gasteiger partial charge in [-0.25, -0.2) is 8.78 Å². The Morgan fingerprint density at radius 2 is 1.96 bits per heavy atom. The summed E-state index contributed by atoms with van der Waals surface area (Å²) in [6.45, 7) is 1.76. The van der Waals surface area contributed by atoms with E-state index in [-0.39, 0.29) is 23.5 Å². The van der Waals surface area contributed by atoms with Gasteiger partial charge in [0, 0.05) is 36.0 Å². The summed E-state index contributed by atoms with van der Waals surface area (Å²) in [7, 11) is 3.02. The summed E-state index contributed by atoms with van der Waals surface area (Å²) in [6, 6.07) is 3.78. The maximum Gasteiger partial charge on any atom is 0.288 e. The normalized spacial score (nSPS) is 20.1. The number of carbonyl (C=O) groups excluding carboxylic acids is 1. The number of benzene rings is 1. The van der Waals surface area contributed by atoms with Gasteiger partial charge in [-0.2, -0.15) is 0 Å². The number of methoxy groups -OCH3 is 1. The monoisotopic (exact) mass is 360 g/mol. The van der Waals surface area contributed by atoms with Crippen molar-refractivity contribution < 1.29 is 18.3 Å². The topological polar surface area (TPSA) is 80.8 Å². The highest BCUT2D eigenvalue weighted by molar-refractivity contribution is 6.37. The van der Waals surface area contributed by atoms with Crippen LogP contribution in [0.4, 0.5) is 8.78 Å². The third-order valence-electron chi connectivity index (χ3n) is 4.37. The molecular formula is C18H18F2N4O2. The van der Waals surface area contributed by atoms with Gasteiger partial charge in [0.05, 0.1) is 19.9 Å². The van der Waals surface area contributed by atoms with Crippen LogP contribution in [0.25, 0.3) is 11.1 Å². The summed E-state index contributed by atoms with van der Waals surface area (Å²) >= 11 is 0. The lowest BCUT2D eigenvalue weighted by molar-refractivity contribution is -0.124. The van der Waals surface area contributed by atoms with Crippen LogP contribution in [-0.2, 0) is 10.3 Å². The van der Waals surface area contributed by atoms with E-state index in [0.29, 0.717) is 11.3 Å². The predicted octanol–water partition coefficient (Wildman–Crippen LogP) is 2.08. The minimum Gasteiger partial charge on any atom is -0.495 e. The van der Waals surface area contributed by atoms with Crippen LogP contribution in [0.2, 0.25) is 0 Å². The number of ether oxygens (including phenoxy) is 1. The Hall–Kier alpha value is -3.03. The molecule has 1 aliphatic heterocycles. The molecule has 2 N–H and O–H groups in total. The number of hydrogen-bond acceptors (Lipinski definition) is 5. The van der Waals surface area contributed by atoms with E-state index < -0.39 is 23.1 Å². The minimum atomic E-state index is -1.13. The number of likely N-dealkylation sites (N-methyl/N-ethyl adjacent to an activating group) is 1. The van der Waals surface area contributed by atoms with Gasteiger partial charge in [-0.3, -0.25) is 14.8 Å². The standard InChI is InChI=1S/C18H18F2N4O2/c1-18(9-24(2)17(25)16(21)23-18)13-5-12(14(19)6-15(13)20)10-4-11(26-3)8-22-7-10/h4-8H,9H2,1-3H3,(H2,21,23)/t18-/m1/s1. The molecule has 0 saturated carbocycles. The number of nitrogens with zero attached hydrogens (tertiary/aromatic N) is 3. The first kappa shape index (κ1) is 17.8. The zero-order valence-electron chi connectivity index (χ0n) is 14.6. The van der Waals surface area contributed by atoms with Crippen LogP contribution >= 0.6 is 0 Å². The van der Waals surface area contributed by atoms with Crippen molar-refractivity contribution >= 4 is 11.7 Å². The summed E-state index contributed by atoms with van der Waals surface area (Å²) < 4.78 is 34.1. The number of aliphatic imine (C=N–C) groups is 1. The Kier molecular flexibility index (Phi) is 4.35. The number of nitrogens with two attached hydrogens (primary N) is 1. The third kappa shape index (κ3) is 2.98. The van der Waals surface area contributed by atoms with Crippen LogP contribution in [0, 0.1) is 11.6 Å². The lowest BCUT2D eigenvalue weighted by Gasteiger charge is -2.35. The molecule has 8 heteroatoms. The van der Waals surface area contributed by atoms with Gasteiger partial charge in [0.2, 0.25) is 0 Å². The average Bonchev–Trinajstić information content (AvgIpc) is 2.59. The van der Waals surface area contributed by atoms with Crippen LogP contribution in [0.1, 0.15) is 12.5 Å². The zero-order chi connectivity index (χ0) is 19.1. The molecule has 136 valence electrons. The molecule has 0 unspecified atom stereocenters. The molecule has 1 aromatic carbocycles. The van der Waals surface area contributed by atoms with E-state index in [9.17, 15) is 13.6 Å². The number of amides is 1. The molecule has 2 heterocycles. The summed E-state index contributed by atoms with van der Waals surface area (Å²) in [5, 5.41) is 0. The van der Waals surface area contributed by atoms with Crippen molar-refractivity contribution in [3.63, 3.8) is 0 Å². The summed E-state index contributed by atoms with van der Waals surface area (Å²) in [5.74, 6) is -1.69. The van der Waals surface area contributed by atoms with E-state index in [4.69, 9.17) is 10.5 Å². The molecule has 0 aliphatic carbocycles. The molecule has 0 radical (unpaired) electrons. The highest BCUT2D eigenvalue weighted by atomic mass is 19.1. The Bertz CT molecular complexity index is 916. The number of aromatic nitrogens is 1. The van der Waals surface area contributed by atoms with E-state index in [1.807, 2.05) is 0 Å². The maximum absolute atomic E-state index is 14.6. The Balaban J connectivity index is 2.16. The summed E-state index contributed by atoms with van der Waals surface area (Å²) in [6.07, 6.45) is 2.94. The summed E-state index contributed by atoms with van der Waals surface area (Å²) in [4.78, 5) is 21.4. The predicted molar refractivity (Wildman–Crippen MR) is 92.8 cm³/mol. The Morgan fingerprint density at radius 1 is 1.23 bits per heavy atom. The molecule has 1 aliphatic rings. The molecule has 1 atom stereocenters. The fourth-order valence-electron chi connectivity index (χ4n) is 3.08. The van der Waals surface area contributed by atoms with Crippen molar-refractivity contribution in [2.45, 2.75) is 12.5 Å². The zero-order valence-corrected chi connectivity index (χ0v) is 14.6. The smallest absolute Gasteiger partial charge is 0.288 e. The van der Waals surface area contributed by atoms with Gasteiger partial charge in [-0.1, -0.05) is 0 Å². The van der Waals surface area contributed by atoms with Gasteiger partial charge in [0.25, 0.3) is 5.91 Å². The molecule has 6 nitrogen and oxygen atoms in total. The lowest BCUT2D eigenvalue weighted by atomic mass is 9.88. The molecule has 3 rings (SSSR count). The van der Waals surface area contributed by atoms with E-state index in [0.717, 1.165) is 6.07 Å². The lowest BCUT2D eigenvalue weighted by Crippen LogP contribution is -2.50. The van der Waals surface area contributed by atoms with Crippen molar-refractivity contribution in [2.24, 2.45) is 10.7 Å². The second-order valence-electron chi connectivity index (χ2n) is 6.36. The SMILES string of the molecule is COc1cncc(-c2cc([C@@]3(C)CN(C)C(=O)C(N)=N3)c(F)cc2F)c1. The molecule has 26 heavy (non-hydrogen) atoms. The molecular weight excluding hydrogens is 342 g/mol. The van der Waals surface area contributed by atoms with Crippen LogP contribution in [-0.4, -0.2) is 42.3 Å². The molecule has 0 saturated heterocycles. The quantitative estimate of drug-likeness (QED) is 0.909. The molecule has 1 aromatic heterocycles. The van der Waals surface area contributed by atoms with Gasteiger partial charge < -0.3 is 15.4 Å². The van der Waals surface area contributed by atoms with Crippen molar-refractivity contribution in [3.8, 4) is 16.9 Å². The number of rotatable bonds is 3. The second kappa shape index (κ2) is 6.36. The van der Waals surface area contributed by atoms with Crippen molar-refractivity contribution in [3.05, 3.63) is 47.8 Å². The highest BCUT2D eigenvalue weighted by Crippen LogP contribution is 2.35. The Morgan fingerprint density at radius 3 is 2.62 bits per heavy atom. The first-order chi connectivity index (χ1) is 12.2. The van der Waals surface area contributed by atoms with E-state index >= 15 is 0 Å². The molecule has 0 spiro atoms. The number of pyridine rings is 1. The molecule has 0 bridgehead atoms. The van der Waals surface area contributed by atoms with Gasteiger partial charge in [0.1, 0.15) is 22.9 Å². The first-order valence-electron chi connectivity index (χ1n) is 7.85. The highest BCUT2D eigenvalue weighted by Gasteiger charge is 2.38. The van der Waals surface area contributed by atoms with Crippen LogP contribution in [0.3, 0.4) is 0 Å². The van der Waals surface area contributed by atoms with E-state index in [1.165, 1.54) is 30.5 Å². The fourth-order valence-corrected chi connectivity index (χ4v) is 3.08. The first-order valence-corrected chi connectivity index (χ1v) is 7.85. The fraction of sp³-hybridized carbons (Fsp3) is 0.278. The number of amidine groups is 1. The maximum atomic E-state index is 14.6. The van der Waals surface area contributed by atoms with Gasteiger partial charge in [0.15, 0.2) is 5.84 Å². The second-order valence-corrected chi connectivity index (χ2v) is 6.36.